The first-order valence-corrected chi connectivity index (χ1v) is 6.11. The third-order valence-corrected chi connectivity index (χ3v) is 3.32. The zero-order valence-electron chi connectivity index (χ0n) is 10.5. The van der Waals surface area contributed by atoms with E-state index in [1.165, 1.54) is 0 Å². The highest BCUT2D eigenvalue weighted by Crippen LogP contribution is 2.23. The summed E-state index contributed by atoms with van der Waals surface area (Å²) in [6, 6.07) is 4.42. The van der Waals surface area contributed by atoms with Crippen molar-refractivity contribution < 1.29 is 9.47 Å². The molecule has 1 aliphatic carbocycles. The monoisotopic (exact) mass is 236 g/mol. The Morgan fingerprint density at radius 2 is 1.94 bits per heavy atom. The SMILES string of the molecule is COc1ccc(NC2CCC(OC)CC2)cn1. The molecule has 94 valence electrons. The Labute approximate surface area is 102 Å². The molecular formula is C13H20N2O2. The van der Waals surface area contributed by atoms with Gasteiger partial charge in [0.25, 0.3) is 0 Å². The predicted octanol–water partition coefficient (Wildman–Crippen LogP) is 2.46. The Bertz CT molecular complexity index is 332. The van der Waals surface area contributed by atoms with Crippen LogP contribution in [0, 0.1) is 0 Å². The van der Waals surface area contributed by atoms with Gasteiger partial charge in [0.15, 0.2) is 0 Å². The maximum Gasteiger partial charge on any atom is 0.213 e. The number of pyridine rings is 1. The van der Waals surface area contributed by atoms with Crippen LogP contribution in [0.3, 0.4) is 0 Å². The highest BCUT2D eigenvalue weighted by atomic mass is 16.5. The van der Waals surface area contributed by atoms with E-state index in [-0.39, 0.29) is 0 Å². The van der Waals surface area contributed by atoms with Crippen LogP contribution in [-0.2, 0) is 4.74 Å². The molecular weight excluding hydrogens is 216 g/mol. The number of hydrogen-bond donors (Lipinski definition) is 1. The van der Waals surface area contributed by atoms with Gasteiger partial charge in [0, 0.05) is 19.2 Å². The fourth-order valence-corrected chi connectivity index (χ4v) is 2.26. The van der Waals surface area contributed by atoms with E-state index >= 15 is 0 Å². The minimum absolute atomic E-state index is 0.446. The Hall–Kier alpha value is -1.29. The summed E-state index contributed by atoms with van der Waals surface area (Å²) in [6.07, 6.45) is 6.85. The number of methoxy groups -OCH3 is 2. The Kier molecular flexibility index (Phi) is 4.20. The quantitative estimate of drug-likeness (QED) is 0.872. The number of hydrogen-bond acceptors (Lipinski definition) is 4. The van der Waals surface area contributed by atoms with Crippen LogP contribution in [0.5, 0.6) is 5.88 Å². The first-order valence-electron chi connectivity index (χ1n) is 6.11. The molecule has 1 saturated carbocycles. The van der Waals surface area contributed by atoms with Crippen LogP contribution in [0.4, 0.5) is 5.69 Å². The third kappa shape index (κ3) is 3.33. The molecule has 1 aliphatic rings. The molecule has 1 fully saturated rings. The Balaban J connectivity index is 1.84. The van der Waals surface area contributed by atoms with Gasteiger partial charge in [-0.25, -0.2) is 4.98 Å². The molecule has 1 N–H and O–H groups in total. The summed E-state index contributed by atoms with van der Waals surface area (Å²) in [5, 5.41) is 3.50. The first kappa shape index (κ1) is 12.2. The Morgan fingerprint density at radius 1 is 1.18 bits per heavy atom. The largest absolute Gasteiger partial charge is 0.481 e. The summed E-state index contributed by atoms with van der Waals surface area (Å²) in [7, 11) is 3.42. The lowest BCUT2D eigenvalue weighted by atomic mass is 9.93. The van der Waals surface area contributed by atoms with Gasteiger partial charge in [-0.1, -0.05) is 0 Å². The van der Waals surface area contributed by atoms with Crippen LogP contribution < -0.4 is 10.1 Å². The second kappa shape index (κ2) is 5.87. The number of nitrogens with one attached hydrogen (secondary N) is 1. The van der Waals surface area contributed by atoms with Gasteiger partial charge in [0.1, 0.15) is 0 Å². The molecule has 0 saturated heterocycles. The molecule has 0 spiro atoms. The van der Waals surface area contributed by atoms with Crippen molar-refractivity contribution in [2.75, 3.05) is 19.5 Å². The van der Waals surface area contributed by atoms with Crippen molar-refractivity contribution in [1.29, 1.82) is 0 Å². The summed E-state index contributed by atoms with van der Waals surface area (Å²) in [4.78, 5) is 4.18. The van der Waals surface area contributed by atoms with Crippen molar-refractivity contribution in [1.82, 2.24) is 4.98 Å². The second-order valence-corrected chi connectivity index (χ2v) is 4.44. The summed E-state index contributed by atoms with van der Waals surface area (Å²) in [5.41, 5.74) is 1.06. The van der Waals surface area contributed by atoms with Crippen molar-refractivity contribution in [3.8, 4) is 5.88 Å². The lowest BCUT2D eigenvalue weighted by molar-refractivity contribution is 0.0682. The molecule has 4 heteroatoms. The summed E-state index contributed by atoms with van der Waals surface area (Å²) >= 11 is 0. The fraction of sp³-hybridized carbons (Fsp3) is 0.615. The van der Waals surface area contributed by atoms with E-state index in [0.717, 1.165) is 31.4 Å². The van der Waals surface area contributed by atoms with Gasteiger partial charge in [0.2, 0.25) is 5.88 Å². The summed E-state index contributed by atoms with van der Waals surface area (Å²) in [5.74, 6) is 0.652. The maximum absolute atomic E-state index is 5.36. The number of ether oxygens (including phenoxy) is 2. The second-order valence-electron chi connectivity index (χ2n) is 4.44. The Morgan fingerprint density at radius 3 is 2.47 bits per heavy atom. The average molecular weight is 236 g/mol. The normalized spacial score (nSPS) is 24.4. The molecule has 1 aromatic heterocycles. The minimum Gasteiger partial charge on any atom is -0.481 e. The first-order chi connectivity index (χ1) is 8.31. The number of rotatable bonds is 4. The van der Waals surface area contributed by atoms with Crippen molar-refractivity contribution in [2.45, 2.75) is 37.8 Å². The van der Waals surface area contributed by atoms with Crippen LogP contribution in [0.2, 0.25) is 0 Å². The molecule has 0 aliphatic heterocycles. The molecule has 0 bridgehead atoms. The van der Waals surface area contributed by atoms with Crippen LogP contribution in [-0.4, -0.2) is 31.3 Å². The summed E-state index contributed by atoms with van der Waals surface area (Å²) < 4.78 is 10.4. The van der Waals surface area contributed by atoms with E-state index < -0.39 is 0 Å². The predicted molar refractivity (Wildman–Crippen MR) is 67.5 cm³/mol. The smallest absolute Gasteiger partial charge is 0.213 e. The minimum atomic E-state index is 0.446. The van der Waals surface area contributed by atoms with Crippen LogP contribution in [0.1, 0.15) is 25.7 Å². The van der Waals surface area contributed by atoms with Crippen molar-refractivity contribution in [2.24, 2.45) is 0 Å². The lowest BCUT2D eigenvalue weighted by Crippen LogP contribution is -2.29. The zero-order chi connectivity index (χ0) is 12.1. The molecule has 0 atom stereocenters. The van der Waals surface area contributed by atoms with Crippen LogP contribution in [0.15, 0.2) is 18.3 Å². The lowest BCUT2D eigenvalue weighted by Gasteiger charge is -2.28. The van der Waals surface area contributed by atoms with Gasteiger partial charge in [-0.15, -0.1) is 0 Å². The van der Waals surface area contributed by atoms with E-state index in [0.29, 0.717) is 18.0 Å². The van der Waals surface area contributed by atoms with E-state index in [4.69, 9.17) is 9.47 Å². The van der Waals surface area contributed by atoms with Gasteiger partial charge in [-0.2, -0.15) is 0 Å². The average Bonchev–Trinajstić information content (AvgIpc) is 2.40. The fourth-order valence-electron chi connectivity index (χ4n) is 2.26. The summed E-state index contributed by atoms with van der Waals surface area (Å²) in [6.45, 7) is 0. The number of aromatic nitrogens is 1. The van der Waals surface area contributed by atoms with Gasteiger partial charge in [-0.3, -0.25) is 0 Å². The highest BCUT2D eigenvalue weighted by Gasteiger charge is 2.20. The standard InChI is InChI=1S/C13H20N2O2/c1-16-12-6-3-10(4-7-12)15-11-5-8-13(17-2)14-9-11/h5,8-10,12,15H,3-4,6-7H2,1-2H3. The molecule has 0 radical (unpaired) electrons. The van der Waals surface area contributed by atoms with Gasteiger partial charge in [-0.05, 0) is 31.7 Å². The van der Waals surface area contributed by atoms with E-state index in [1.807, 2.05) is 18.3 Å². The van der Waals surface area contributed by atoms with E-state index in [1.54, 1.807) is 14.2 Å². The van der Waals surface area contributed by atoms with Crippen LogP contribution in [0.25, 0.3) is 0 Å². The van der Waals surface area contributed by atoms with Crippen molar-refractivity contribution >= 4 is 5.69 Å². The molecule has 0 amide bonds. The van der Waals surface area contributed by atoms with E-state index in [9.17, 15) is 0 Å². The van der Waals surface area contributed by atoms with Gasteiger partial charge < -0.3 is 14.8 Å². The molecule has 2 rings (SSSR count). The van der Waals surface area contributed by atoms with E-state index in [2.05, 4.69) is 10.3 Å². The highest BCUT2D eigenvalue weighted by molar-refractivity contribution is 5.43. The maximum atomic E-state index is 5.36. The number of nitrogens with zero attached hydrogens (tertiary/aromatic N) is 1. The van der Waals surface area contributed by atoms with Gasteiger partial charge >= 0.3 is 0 Å². The molecule has 0 aromatic carbocycles. The molecule has 0 unspecified atom stereocenters. The molecule has 17 heavy (non-hydrogen) atoms. The van der Waals surface area contributed by atoms with Crippen molar-refractivity contribution in [3.05, 3.63) is 18.3 Å². The molecule has 1 heterocycles. The number of anilines is 1. The van der Waals surface area contributed by atoms with Crippen molar-refractivity contribution in [3.63, 3.8) is 0 Å². The van der Waals surface area contributed by atoms with Gasteiger partial charge in [0.05, 0.1) is 25.1 Å². The molecule has 4 nitrogen and oxygen atoms in total. The molecule has 1 aromatic rings. The van der Waals surface area contributed by atoms with Crippen LogP contribution >= 0.6 is 0 Å². The zero-order valence-corrected chi connectivity index (χ0v) is 10.5. The topological polar surface area (TPSA) is 43.4 Å². The third-order valence-electron chi connectivity index (χ3n) is 3.32.